The fraction of sp³-hybridized carbons (Fsp3) is 0.290. The Labute approximate surface area is 194 Å². The molecule has 0 fully saturated rings. The van der Waals surface area contributed by atoms with E-state index >= 15 is 0 Å². The molecule has 1 heterocycles. The van der Waals surface area contributed by atoms with Crippen molar-refractivity contribution >= 4 is 22.9 Å². The monoisotopic (exact) mass is 421 g/mol. The van der Waals surface area contributed by atoms with E-state index in [1.807, 2.05) is 6.08 Å². The van der Waals surface area contributed by atoms with Gasteiger partial charge in [-0.1, -0.05) is 118 Å². The van der Waals surface area contributed by atoms with Gasteiger partial charge in [0.1, 0.15) is 0 Å². The van der Waals surface area contributed by atoms with Crippen molar-refractivity contribution in [2.24, 2.45) is 10.8 Å². The number of rotatable bonds is 5. The van der Waals surface area contributed by atoms with Crippen LogP contribution in [0.1, 0.15) is 56.4 Å². The summed E-state index contributed by atoms with van der Waals surface area (Å²) in [4.78, 5) is 2.44. The molecule has 32 heavy (non-hydrogen) atoms. The number of allylic oxidation sites excluding steroid dienone is 3. The van der Waals surface area contributed by atoms with Crippen LogP contribution < -0.4 is 0 Å². The summed E-state index contributed by atoms with van der Waals surface area (Å²) in [5.74, 6) is 0. The van der Waals surface area contributed by atoms with Gasteiger partial charge in [0.15, 0.2) is 0 Å². The molecule has 0 amide bonds. The molecule has 0 N–H and O–H groups in total. The van der Waals surface area contributed by atoms with Gasteiger partial charge in [0, 0.05) is 35.2 Å². The molecule has 2 aromatic rings. The maximum absolute atomic E-state index is 4.51. The Hall–Kier alpha value is -3.06. The van der Waals surface area contributed by atoms with E-state index in [1.165, 1.54) is 22.3 Å². The van der Waals surface area contributed by atoms with E-state index in [4.69, 9.17) is 0 Å². The molecule has 0 radical (unpaired) electrons. The third-order valence-corrected chi connectivity index (χ3v) is 7.35. The van der Waals surface area contributed by atoms with Gasteiger partial charge < -0.3 is 4.90 Å². The molecule has 0 saturated carbocycles. The first-order valence-electron chi connectivity index (χ1n) is 11.5. The van der Waals surface area contributed by atoms with Crippen LogP contribution in [0.5, 0.6) is 0 Å². The minimum Gasteiger partial charge on any atom is -0.367 e. The highest BCUT2D eigenvalue weighted by molar-refractivity contribution is 5.78. The predicted molar refractivity (Wildman–Crippen MR) is 141 cm³/mol. The Kier molecular flexibility index (Phi) is 5.63. The zero-order valence-corrected chi connectivity index (χ0v) is 20.0. The van der Waals surface area contributed by atoms with Crippen LogP contribution in [0.25, 0.3) is 22.9 Å². The standard InChI is InChI=1S/C31H35N/c1-8-24-13-15-25(16-14-24)28-17-19-31(7)21-32(20-18-29(31)30(28,5)6)23(4)27-12-10-9-11-26(27)22(2)3/h8-18H,1-2,4,19-21H2,3,5-7H3/t31-/m1/s1. The van der Waals surface area contributed by atoms with Gasteiger partial charge in [-0.05, 0) is 35.6 Å². The first-order chi connectivity index (χ1) is 15.2. The lowest BCUT2D eigenvalue weighted by Crippen LogP contribution is -2.46. The molecule has 0 spiro atoms. The summed E-state index contributed by atoms with van der Waals surface area (Å²) in [5, 5.41) is 0. The van der Waals surface area contributed by atoms with Crippen LogP contribution in [0.3, 0.4) is 0 Å². The van der Waals surface area contributed by atoms with Gasteiger partial charge in [0.05, 0.1) is 0 Å². The average molecular weight is 422 g/mol. The number of benzene rings is 2. The van der Waals surface area contributed by atoms with Crippen molar-refractivity contribution in [2.75, 3.05) is 13.1 Å². The summed E-state index contributed by atoms with van der Waals surface area (Å²) in [5.41, 5.74) is 10.1. The molecular formula is C31H35N. The van der Waals surface area contributed by atoms with Gasteiger partial charge in [-0.25, -0.2) is 0 Å². The summed E-state index contributed by atoms with van der Waals surface area (Å²) >= 11 is 0. The van der Waals surface area contributed by atoms with Gasteiger partial charge in [0.2, 0.25) is 0 Å². The zero-order valence-electron chi connectivity index (χ0n) is 20.0. The molecule has 1 nitrogen and oxygen atoms in total. The van der Waals surface area contributed by atoms with Gasteiger partial charge in [0.25, 0.3) is 0 Å². The maximum atomic E-state index is 4.51. The second-order valence-corrected chi connectivity index (χ2v) is 10.1. The van der Waals surface area contributed by atoms with E-state index in [-0.39, 0.29) is 10.8 Å². The van der Waals surface area contributed by atoms with Crippen LogP contribution >= 0.6 is 0 Å². The third-order valence-electron chi connectivity index (χ3n) is 7.35. The van der Waals surface area contributed by atoms with Crippen LogP contribution in [0.2, 0.25) is 0 Å². The Morgan fingerprint density at radius 1 is 0.938 bits per heavy atom. The summed E-state index contributed by atoms with van der Waals surface area (Å²) < 4.78 is 0. The average Bonchev–Trinajstić information content (AvgIpc) is 2.78. The molecule has 0 bridgehead atoms. The highest BCUT2D eigenvalue weighted by Gasteiger charge is 2.45. The maximum Gasteiger partial charge on any atom is 0.0376 e. The van der Waals surface area contributed by atoms with E-state index in [1.54, 1.807) is 5.57 Å². The molecule has 164 valence electrons. The Bertz CT molecular complexity index is 1140. The lowest BCUT2D eigenvalue weighted by Gasteiger charge is -2.51. The topological polar surface area (TPSA) is 3.24 Å². The molecule has 4 rings (SSSR count). The van der Waals surface area contributed by atoms with Crippen LogP contribution in [0.4, 0.5) is 0 Å². The fourth-order valence-corrected chi connectivity index (χ4v) is 5.69. The Morgan fingerprint density at radius 2 is 1.59 bits per heavy atom. The third kappa shape index (κ3) is 3.71. The normalized spacial score (nSPS) is 21.8. The number of nitrogens with zero attached hydrogens (tertiary/aromatic N) is 1. The zero-order chi connectivity index (χ0) is 23.1. The first-order valence-corrected chi connectivity index (χ1v) is 11.5. The Balaban J connectivity index is 1.65. The summed E-state index contributed by atoms with van der Waals surface area (Å²) in [6.45, 7) is 23.7. The molecule has 2 aromatic carbocycles. The van der Waals surface area contributed by atoms with Crippen molar-refractivity contribution in [3.05, 3.63) is 108 Å². The number of fused-ring (bicyclic) bond motifs is 1. The summed E-state index contributed by atoms with van der Waals surface area (Å²) in [7, 11) is 0. The minimum atomic E-state index is -0.00820. The van der Waals surface area contributed by atoms with E-state index in [0.29, 0.717) is 0 Å². The molecule has 0 unspecified atom stereocenters. The van der Waals surface area contributed by atoms with E-state index in [9.17, 15) is 0 Å². The molecule has 0 saturated heterocycles. The van der Waals surface area contributed by atoms with Gasteiger partial charge in [-0.3, -0.25) is 0 Å². The molecule has 1 aliphatic heterocycles. The van der Waals surface area contributed by atoms with E-state index in [2.05, 4.69) is 113 Å². The van der Waals surface area contributed by atoms with Crippen molar-refractivity contribution in [2.45, 2.75) is 34.1 Å². The number of hydrogen-bond acceptors (Lipinski definition) is 1. The van der Waals surface area contributed by atoms with Crippen molar-refractivity contribution in [3.63, 3.8) is 0 Å². The van der Waals surface area contributed by atoms with Gasteiger partial charge in [-0.15, -0.1) is 0 Å². The fourth-order valence-electron chi connectivity index (χ4n) is 5.69. The predicted octanol–water partition coefficient (Wildman–Crippen LogP) is 8.10. The quantitative estimate of drug-likeness (QED) is 0.441. The van der Waals surface area contributed by atoms with Crippen molar-refractivity contribution in [1.29, 1.82) is 0 Å². The second-order valence-electron chi connectivity index (χ2n) is 10.1. The van der Waals surface area contributed by atoms with Crippen LogP contribution in [-0.4, -0.2) is 18.0 Å². The van der Waals surface area contributed by atoms with E-state index in [0.717, 1.165) is 36.3 Å². The van der Waals surface area contributed by atoms with Gasteiger partial charge in [-0.2, -0.15) is 0 Å². The van der Waals surface area contributed by atoms with E-state index < -0.39 is 0 Å². The Morgan fingerprint density at radius 3 is 2.22 bits per heavy atom. The molecule has 1 heteroatoms. The minimum absolute atomic E-state index is 0.00820. The number of hydrogen-bond donors (Lipinski definition) is 0. The van der Waals surface area contributed by atoms with Crippen LogP contribution in [-0.2, 0) is 0 Å². The lowest BCUT2D eigenvalue weighted by molar-refractivity contribution is 0.219. The molecule has 2 aliphatic rings. The second kappa shape index (κ2) is 8.13. The first kappa shape index (κ1) is 22.1. The van der Waals surface area contributed by atoms with Crippen LogP contribution in [0.15, 0.2) is 86.0 Å². The summed E-state index contributed by atoms with van der Waals surface area (Å²) in [6, 6.07) is 17.3. The highest BCUT2D eigenvalue weighted by atomic mass is 15.1. The van der Waals surface area contributed by atoms with Crippen molar-refractivity contribution < 1.29 is 0 Å². The molecule has 1 atom stereocenters. The molecular weight excluding hydrogens is 386 g/mol. The molecule has 0 aromatic heterocycles. The highest BCUT2D eigenvalue weighted by Crippen LogP contribution is 2.55. The van der Waals surface area contributed by atoms with Gasteiger partial charge >= 0.3 is 0 Å². The van der Waals surface area contributed by atoms with Crippen LogP contribution in [0, 0.1) is 10.8 Å². The smallest absolute Gasteiger partial charge is 0.0376 e. The molecule has 1 aliphatic carbocycles. The van der Waals surface area contributed by atoms with Crippen molar-refractivity contribution in [3.8, 4) is 0 Å². The largest absolute Gasteiger partial charge is 0.367 e. The lowest BCUT2D eigenvalue weighted by atomic mass is 9.58. The SMILES string of the molecule is C=Cc1ccc(C2=CC[C@]3(C)CN(C(=C)c4ccccc4C(=C)C)CC=C3C2(C)C)cc1. The van der Waals surface area contributed by atoms with Crippen molar-refractivity contribution in [1.82, 2.24) is 4.90 Å². The summed E-state index contributed by atoms with van der Waals surface area (Å²) in [6.07, 6.45) is 7.86.